The van der Waals surface area contributed by atoms with Crippen LogP contribution < -0.4 is 11.1 Å². The molecule has 0 saturated heterocycles. The lowest BCUT2D eigenvalue weighted by Gasteiger charge is -2.10. The van der Waals surface area contributed by atoms with Crippen molar-refractivity contribution in [3.8, 4) is 0 Å². The molecule has 0 spiro atoms. The predicted molar refractivity (Wildman–Crippen MR) is 71.0 cm³/mol. The monoisotopic (exact) mass is 235 g/mol. The number of nitrogens with one attached hydrogen (secondary N) is 1. The van der Waals surface area contributed by atoms with Crippen molar-refractivity contribution in [3.05, 3.63) is 29.8 Å². The molecule has 0 aliphatic carbocycles. The lowest BCUT2D eigenvalue weighted by atomic mass is 10.1. The van der Waals surface area contributed by atoms with E-state index in [9.17, 15) is 4.79 Å². The van der Waals surface area contributed by atoms with Crippen LogP contribution in [0.3, 0.4) is 0 Å². The second-order valence-corrected chi connectivity index (χ2v) is 4.34. The molecular formula is C13H21N3O. The summed E-state index contributed by atoms with van der Waals surface area (Å²) < 4.78 is 0. The van der Waals surface area contributed by atoms with Crippen LogP contribution in [0.25, 0.3) is 0 Å². The number of carbonyl (C=O) groups is 1. The van der Waals surface area contributed by atoms with E-state index in [0.717, 1.165) is 18.7 Å². The summed E-state index contributed by atoms with van der Waals surface area (Å²) >= 11 is 0. The molecule has 1 aromatic carbocycles. The van der Waals surface area contributed by atoms with E-state index in [1.54, 1.807) is 0 Å². The van der Waals surface area contributed by atoms with Crippen molar-refractivity contribution in [1.29, 1.82) is 0 Å². The Kier molecular flexibility index (Phi) is 5.66. The van der Waals surface area contributed by atoms with Crippen molar-refractivity contribution in [3.63, 3.8) is 0 Å². The Morgan fingerprint density at radius 2 is 1.94 bits per heavy atom. The van der Waals surface area contributed by atoms with E-state index >= 15 is 0 Å². The van der Waals surface area contributed by atoms with Gasteiger partial charge in [0.1, 0.15) is 0 Å². The van der Waals surface area contributed by atoms with E-state index in [1.165, 1.54) is 5.56 Å². The zero-order chi connectivity index (χ0) is 12.7. The molecule has 4 nitrogen and oxygen atoms in total. The average molecular weight is 235 g/mol. The Bertz CT molecular complexity index is 346. The van der Waals surface area contributed by atoms with Gasteiger partial charge < -0.3 is 16.0 Å². The number of amides is 1. The van der Waals surface area contributed by atoms with Crippen LogP contribution in [0, 0.1) is 0 Å². The summed E-state index contributed by atoms with van der Waals surface area (Å²) in [5.41, 5.74) is 7.51. The van der Waals surface area contributed by atoms with Gasteiger partial charge in [0.05, 0.1) is 0 Å². The van der Waals surface area contributed by atoms with Gasteiger partial charge in [-0.05, 0) is 44.8 Å². The first-order chi connectivity index (χ1) is 8.11. The molecule has 0 heterocycles. The molecule has 94 valence electrons. The highest BCUT2D eigenvalue weighted by Crippen LogP contribution is 2.10. The fourth-order valence-corrected chi connectivity index (χ4v) is 1.47. The summed E-state index contributed by atoms with van der Waals surface area (Å²) in [4.78, 5) is 13.6. The minimum Gasteiger partial charge on any atom is -0.330 e. The average Bonchev–Trinajstić information content (AvgIpc) is 2.29. The van der Waals surface area contributed by atoms with Gasteiger partial charge in [0.2, 0.25) is 5.91 Å². The number of carbonyl (C=O) groups excluding carboxylic acids is 1. The fraction of sp³-hybridized carbons (Fsp3) is 0.462. The number of nitrogens with zero attached hydrogens (tertiary/aromatic N) is 1. The second kappa shape index (κ2) is 7.04. The standard InChI is InChI=1S/C13H21N3O/c1-16(2)10-8-13(17)15-12-5-3-11(4-6-12)7-9-14/h3-6H,7-10,14H2,1-2H3,(H,15,17). The minimum absolute atomic E-state index is 0.0466. The van der Waals surface area contributed by atoms with Crippen molar-refractivity contribution in [2.45, 2.75) is 12.8 Å². The maximum atomic E-state index is 11.6. The van der Waals surface area contributed by atoms with Crippen molar-refractivity contribution in [1.82, 2.24) is 4.90 Å². The predicted octanol–water partition coefficient (Wildman–Crippen LogP) is 1.08. The van der Waals surface area contributed by atoms with Crippen LogP contribution in [0.4, 0.5) is 5.69 Å². The van der Waals surface area contributed by atoms with Gasteiger partial charge in [0.15, 0.2) is 0 Å². The molecule has 0 atom stereocenters. The van der Waals surface area contributed by atoms with Gasteiger partial charge in [0.25, 0.3) is 0 Å². The number of hydrogen-bond donors (Lipinski definition) is 2. The first kappa shape index (κ1) is 13.7. The normalized spacial score (nSPS) is 10.6. The number of anilines is 1. The topological polar surface area (TPSA) is 58.4 Å². The van der Waals surface area contributed by atoms with E-state index in [2.05, 4.69) is 5.32 Å². The van der Waals surface area contributed by atoms with Crippen LogP contribution in [0.5, 0.6) is 0 Å². The Labute approximate surface area is 103 Å². The van der Waals surface area contributed by atoms with Crippen LogP contribution in [-0.2, 0) is 11.2 Å². The van der Waals surface area contributed by atoms with E-state index < -0.39 is 0 Å². The van der Waals surface area contributed by atoms with E-state index in [1.807, 2.05) is 43.3 Å². The zero-order valence-corrected chi connectivity index (χ0v) is 10.6. The van der Waals surface area contributed by atoms with E-state index in [-0.39, 0.29) is 5.91 Å². The third kappa shape index (κ3) is 5.47. The van der Waals surface area contributed by atoms with Gasteiger partial charge in [-0.1, -0.05) is 12.1 Å². The molecule has 0 bridgehead atoms. The van der Waals surface area contributed by atoms with Crippen molar-refractivity contribution in [2.24, 2.45) is 5.73 Å². The molecule has 0 radical (unpaired) electrons. The van der Waals surface area contributed by atoms with Crippen molar-refractivity contribution < 1.29 is 4.79 Å². The number of hydrogen-bond acceptors (Lipinski definition) is 3. The third-order valence-electron chi connectivity index (χ3n) is 2.46. The SMILES string of the molecule is CN(C)CCC(=O)Nc1ccc(CCN)cc1. The molecule has 17 heavy (non-hydrogen) atoms. The molecule has 0 fully saturated rings. The smallest absolute Gasteiger partial charge is 0.225 e. The van der Waals surface area contributed by atoms with Gasteiger partial charge in [-0.25, -0.2) is 0 Å². The first-order valence-electron chi connectivity index (χ1n) is 5.85. The maximum absolute atomic E-state index is 11.6. The summed E-state index contributed by atoms with van der Waals surface area (Å²) in [5.74, 6) is 0.0466. The van der Waals surface area contributed by atoms with Crippen LogP contribution in [0.1, 0.15) is 12.0 Å². The summed E-state index contributed by atoms with van der Waals surface area (Å²) in [6.45, 7) is 1.41. The Morgan fingerprint density at radius 3 is 2.47 bits per heavy atom. The highest BCUT2D eigenvalue weighted by Gasteiger charge is 2.02. The van der Waals surface area contributed by atoms with Gasteiger partial charge >= 0.3 is 0 Å². The zero-order valence-electron chi connectivity index (χ0n) is 10.6. The quantitative estimate of drug-likeness (QED) is 0.775. The number of benzene rings is 1. The van der Waals surface area contributed by atoms with Crippen LogP contribution in [-0.4, -0.2) is 38.0 Å². The Morgan fingerprint density at radius 1 is 1.29 bits per heavy atom. The first-order valence-corrected chi connectivity index (χ1v) is 5.85. The third-order valence-corrected chi connectivity index (χ3v) is 2.46. The lowest BCUT2D eigenvalue weighted by Crippen LogP contribution is -2.20. The van der Waals surface area contributed by atoms with Gasteiger partial charge in [-0.3, -0.25) is 4.79 Å². The van der Waals surface area contributed by atoms with E-state index in [4.69, 9.17) is 5.73 Å². The van der Waals surface area contributed by atoms with Crippen LogP contribution in [0.15, 0.2) is 24.3 Å². The maximum Gasteiger partial charge on any atom is 0.225 e. The molecule has 0 aromatic heterocycles. The fourth-order valence-electron chi connectivity index (χ4n) is 1.47. The summed E-state index contributed by atoms with van der Waals surface area (Å²) in [7, 11) is 3.91. The second-order valence-electron chi connectivity index (χ2n) is 4.34. The van der Waals surface area contributed by atoms with Gasteiger partial charge in [-0.15, -0.1) is 0 Å². The molecule has 1 aromatic rings. The summed E-state index contributed by atoms with van der Waals surface area (Å²) in [6, 6.07) is 7.82. The van der Waals surface area contributed by atoms with Crippen LogP contribution in [0.2, 0.25) is 0 Å². The largest absolute Gasteiger partial charge is 0.330 e. The summed E-state index contributed by atoms with van der Waals surface area (Å²) in [6.07, 6.45) is 1.38. The number of nitrogens with two attached hydrogens (primary N) is 1. The molecular weight excluding hydrogens is 214 g/mol. The molecule has 4 heteroatoms. The highest BCUT2D eigenvalue weighted by atomic mass is 16.1. The molecule has 1 rings (SSSR count). The van der Waals surface area contributed by atoms with Gasteiger partial charge in [0, 0.05) is 18.7 Å². The molecule has 0 unspecified atom stereocenters. The molecule has 1 amide bonds. The highest BCUT2D eigenvalue weighted by molar-refractivity contribution is 5.90. The van der Waals surface area contributed by atoms with E-state index in [0.29, 0.717) is 13.0 Å². The van der Waals surface area contributed by atoms with Crippen LogP contribution >= 0.6 is 0 Å². The molecule has 0 aliphatic rings. The Balaban J connectivity index is 2.43. The molecule has 0 aliphatic heterocycles. The van der Waals surface area contributed by atoms with Crippen molar-refractivity contribution in [2.75, 3.05) is 32.5 Å². The minimum atomic E-state index is 0.0466. The van der Waals surface area contributed by atoms with Crippen molar-refractivity contribution >= 4 is 11.6 Å². The molecule has 0 saturated carbocycles. The Hall–Kier alpha value is -1.39. The number of rotatable bonds is 6. The summed E-state index contributed by atoms with van der Waals surface area (Å²) in [5, 5.41) is 2.87. The molecule has 3 N–H and O–H groups in total. The van der Waals surface area contributed by atoms with Gasteiger partial charge in [-0.2, -0.15) is 0 Å². The lowest BCUT2D eigenvalue weighted by molar-refractivity contribution is -0.116.